The van der Waals surface area contributed by atoms with E-state index in [9.17, 15) is 9.59 Å². The lowest BCUT2D eigenvalue weighted by Gasteiger charge is -1.99. The van der Waals surface area contributed by atoms with Crippen LogP contribution in [-0.2, 0) is 0 Å². The number of halogens is 1. The van der Waals surface area contributed by atoms with Crippen LogP contribution < -0.4 is 5.32 Å². The number of ketones is 1. The van der Waals surface area contributed by atoms with Gasteiger partial charge in [-0.1, -0.05) is 11.6 Å². The quantitative estimate of drug-likeness (QED) is 0.871. The van der Waals surface area contributed by atoms with Gasteiger partial charge in [-0.3, -0.25) is 14.9 Å². The average molecular weight is 283 g/mol. The Morgan fingerprint density at radius 1 is 1.28 bits per heavy atom. The Hall–Kier alpha value is -1.86. The van der Waals surface area contributed by atoms with Crippen LogP contribution in [0.5, 0.6) is 0 Å². The molecule has 0 saturated heterocycles. The van der Waals surface area contributed by atoms with E-state index in [0.29, 0.717) is 10.8 Å². The van der Waals surface area contributed by atoms with Crippen LogP contribution in [0.2, 0.25) is 5.15 Å². The van der Waals surface area contributed by atoms with Gasteiger partial charge in [0.05, 0.1) is 0 Å². The molecule has 6 nitrogen and oxygen atoms in total. The third-order valence-corrected chi connectivity index (χ3v) is 2.91. The van der Waals surface area contributed by atoms with Crippen LogP contribution in [0.4, 0.5) is 5.13 Å². The van der Waals surface area contributed by atoms with Crippen LogP contribution >= 0.6 is 22.9 Å². The Morgan fingerprint density at radius 3 is 2.61 bits per heavy atom. The summed E-state index contributed by atoms with van der Waals surface area (Å²) in [6, 6.07) is 2.91. The van der Waals surface area contributed by atoms with Crippen molar-refractivity contribution in [3.05, 3.63) is 34.1 Å². The van der Waals surface area contributed by atoms with Gasteiger partial charge >= 0.3 is 0 Å². The molecule has 1 N–H and O–H groups in total. The number of carbonyl (C=O) groups excluding carboxylic acids is 2. The minimum atomic E-state index is -0.455. The molecule has 0 unspecified atom stereocenters. The SMILES string of the molecule is CC(=O)c1csc(NC(=O)c2ccc(Cl)nn2)n1. The maximum atomic E-state index is 11.7. The minimum absolute atomic E-state index is 0.124. The van der Waals surface area contributed by atoms with E-state index in [1.54, 1.807) is 5.38 Å². The first-order chi connectivity index (χ1) is 8.56. The highest BCUT2D eigenvalue weighted by atomic mass is 35.5. The van der Waals surface area contributed by atoms with Crippen molar-refractivity contribution in [2.75, 3.05) is 5.32 Å². The van der Waals surface area contributed by atoms with Gasteiger partial charge in [0.15, 0.2) is 21.8 Å². The number of aromatic nitrogens is 3. The molecular formula is C10H7ClN4O2S. The van der Waals surface area contributed by atoms with E-state index in [-0.39, 0.29) is 16.6 Å². The summed E-state index contributed by atoms with van der Waals surface area (Å²) in [5.41, 5.74) is 0.441. The number of thiazole rings is 1. The summed E-state index contributed by atoms with van der Waals surface area (Å²) in [4.78, 5) is 26.7. The van der Waals surface area contributed by atoms with Gasteiger partial charge in [0.2, 0.25) is 0 Å². The average Bonchev–Trinajstić information content (AvgIpc) is 2.78. The summed E-state index contributed by atoms with van der Waals surface area (Å²) in [7, 11) is 0. The predicted molar refractivity (Wildman–Crippen MR) is 67.1 cm³/mol. The number of amides is 1. The Balaban J connectivity index is 2.11. The molecule has 0 saturated carbocycles. The highest BCUT2D eigenvalue weighted by Crippen LogP contribution is 2.16. The van der Waals surface area contributed by atoms with Gasteiger partial charge in [-0.05, 0) is 12.1 Å². The lowest BCUT2D eigenvalue weighted by atomic mass is 10.3. The molecule has 18 heavy (non-hydrogen) atoms. The standard InChI is InChI=1S/C10H7ClN4O2S/c1-5(16)7-4-18-10(12-7)13-9(17)6-2-3-8(11)15-14-6/h2-4H,1H3,(H,12,13,17). The second-order valence-corrected chi connectivity index (χ2v) is 4.53. The van der Waals surface area contributed by atoms with Gasteiger partial charge in [-0.25, -0.2) is 4.98 Å². The highest BCUT2D eigenvalue weighted by molar-refractivity contribution is 7.14. The number of nitrogens with zero attached hydrogens (tertiary/aromatic N) is 3. The van der Waals surface area contributed by atoms with Crippen molar-refractivity contribution in [1.29, 1.82) is 0 Å². The molecule has 8 heteroatoms. The zero-order chi connectivity index (χ0) is 13.1. The summed E-state index contributed by atoms with van der Waals surface area (Å²) in [6.45, 7) is 1.41. The van der Waals surface area contributed by atoms with E-state index in [1.807, 2.05) is 0 Å². The fourth-order valence-electron chi connectivity index (χ4n) is 1.09. The monoisotopic (exact) mass is 282 g/mol. The molecule has 2 rings (SSSR count). The maximum absolute atomic E-state index is 11.7. The normalized spacial score (nSPS) is 10.1. The van der Waals surface area contributed by atoms with Gasteiger partial charge in [0.25, 0.3) is 5.91 Å². The number of hydrogen-bond acceptors (Lipinski definition) is 6. The van der Waals surface area contributed by atoms with Crippen LogP contribution in [-0.4, -0.2) is 26.9 Å². The van der Waals surface area contributed by atoms with Crippen molar-refractivity contribution < 1.29 is 9.59 Å². The smallest absolute Gasteiger partial charge is 0.277 e. The number of hydrogen-bond donors (Lipinski definition) is 1. The number of anilines is 1. The molecule has 0 spiro atoms. The first-order valence-corrected chi connectivity index (χ1v) is 6.09. The van der Waals surface area contributed by atoms with Crippen LogP contribution in [0.25, 0.3) is 0 Å². The molecule has 0 aliphatic heterocycles. The van der Waals surface area contributed by atoms with E-state index >= 15 is 0 Å². The minimum Gasteiger partial charge on any atom is -0.296 e. The van der Waals surface area contributed by atoms with Crippen molar-refractivity contribution >= 4 is 39.8 Å². The van der Waals surface area contributed by atoms with E-state index < -0.39 is 5.91 Å². The Kier molecular flexibility index (Phi) is 3.63. The van der Waals surface area contributed by atoms with Crippen molar-refractivity contribution in [2.45, 2.75) is 6.92 Å². The summed E-state index contributed by atoms with van der Waals surface area (Å²) < 4.78 is 0. The Morgan fingerprint density at radius 2 is 2.06 bits per heavy atom. The summed E-state index contributed by atoms with van der Waals surface area (Å²) >= 11 is 6.73. The fraction of sp³-hybridized carbons (Fsp3) is 0.100. The first kappa shape index (κ1) is 12.6. The molecule has 2 aromatic rings. The van der Waals surface area contributed by atoms with Crippen LogP contribution in [0, 0.1) is 0 Å². The zero-order valence-electron chi connectivity index (χ0n) is 9.18. The molecule has 0 aromatic carbocycles. The van der Waals surface area contributed by atoms with Gasteiger partial charge in [-0.15, -0.1) is 21.5 Å². The second kappa shape index (κ2) is 5.19. The maximum Gasteiger partial charge on any atom is 0.277 e. The van der Waals surface area contributed by atoms with Crippen molar-refractivity contribution in [3.8, 4) is 0 Å². The molecule has 92 valence electrons. The van der Waals surface area contributed by atoms with E-state index in [2.05, 4.69) is 20.5 Å². The van der Waals surface area contributed by atoms with Gasteiger partial charge in [-0.2, -0.15) is 0 Å². The molecule has 0 atom stereocenters. The van der Waals surface area contributed by atoms with Crippen LogP contribution in [0.15, 0.2) is 17.5 Å². The van der Waals surface area contributed by atoms with Crippen molar-refractivity contribution in [3.63, 3.8) is 0 Å². The van der Waals surface area contributed by atoms with Gasteiger partial charge < -0.3 is 0 Å². The molecule has 2 aromatic heterocycles. The molecule has 1 amide bonds. The second-order valence-electron chi connectivity index (χ2n) is 3.29. The zero-order valence-corrected chi connectivity index (χ0v) is 10.7. The van der Waals surface area contributed by atoms with Crippen LogP contribution in [0.1, 0.15) is 27.9 Å². The lowest BCUT2D eigenvalue weighted by molar-refractivity contribution is 0.100. The highest BCUT2D eigenvalue weighted by Gasteiger charge is 2.12. The fourth-order valence-corrected chi connectivity index (χ4v) is 1.94. The van der Waals surface area contributed by atoms with Crippen molar-refractivity contribution in [1.82, 2.24) is 15.2 Å². The Labute approximate surface area is 111 Å². The molecular weight excluding hydrogens is 276 g/mol. The number of nitrogens with one attached hydrogen (secondary N) is 1. The third kappa shape index (κ3) is 2.88. The topological polar surface area (TPSA) is 84.8 Å². The molecule has 0 aliphatic carbocycles. The molecule has 0 radical (unpaired) electrons. The van der Waals surface area contributed by atoms with Crippen LogP contribution in [0.3, 0.4) is 0 Å². The number of carbonyl (C=O) groups is 2. The van der Waals surface area contributed by atoms with Gasteiger partial charge in [0.1, 0.15) is 5.69 Å². The van der Waals surface area contributed by atoms with E-state index in [1.165, 1.54) is 30.4 Å². The van der Waals surface area contributed by atoms with Crippen molar-refractivity contribution in [2.24, 2.45) is 0 Å². The summed E-state index contributed by atoms with van der Waals surface area (Å²) in [6.07, 6.45) is 0. The van der Waals surface area contributed by atoms with E-state index in [4.69, 9.17) is 11.6 Å². The molecule has 0 bridgehead atoms. The Bertz CT molecular complexity index is 596. The lowest BCUT2D eigenvalue weighted by Crippen LogP contribution is -2.14. The number of Topliss-reactive ketones (excluding diaryl/α,β-unsaturated/α-hetero) is 1. The predicted octanol–water partition coefficient (Wildman–Crippen LogP) is 2.04. The largest absolute Gasteiger partial charge is 0.296 e. The summed E-state index contributed by atoms with van der Waals surface area (Å²) in [5.74, 6) is -0.610. The van der Waals surface area contributed by atoms with E-state index in [0.717, 1.165) is 0 Å². The third-order valence-electron chi connectivity index (χ3n) is 1.95. The molecule has 2 heterocycles. The molecule has 0 aliphatic rings. The van der Waals surface area contributed by atoms with Gasteiger partial charge in [0, 0.05) is 12.3 Å². The summed E-state index contributed by atoms with van der Waals surface area (Å²) in [5, 5.41) is 11.8. The first-order valence-electron chi connectivity index (χ1n) is 4.83. The number of rotatable bonds is 3. The molecule has 0 fully saturated rings.